The van der Waals surface area contributed by atoms with E-state index in [2.05, 4.69) is 92.1 Å². The smallest absolute Gasteiger partial charge is 0.220 e. The summed E-state index contributed by atoms with van der Waals surface area (Å²) in [5, 5.41) is 23.2. The van der Waals surface area contributed by atoms with Crippen LogP contribution in [0.5, 0.6) is 0 Å². The van der Waals surface area contributed by atoms with Crippen molar-refractivity contribution in [2.75, 3.05) is 6.61 Å². The largest absolute Gasteiger partial charge is 0.394 e. The van der Waals surface area contributed by atoms with Gasteiger partial charge in [-0.05, 0) is 77.0 Å². The van der Waals surface area contributed by atoms with Gasteiger partial charge in [0.05, 0.1) is 18.8 Å². The maximum absolute atomic E-state index is 12.5. The van der Waals surface area contributed by atoms with Crippen LogP contribution in [0.1, 0.15) is 322 Å². The molecule has 0 aliphatic heterocycles. The Morgan fingerprint density at radius 3 is 0.972 bits per heavy atom. The number of aliphatic hydroxyl groups excluding tert-OH is 2. The zero-order valence-electron chi connectivity index (χ0n) is 48.2. The monoisotopic (exact) mass is 1000 g/mol. The first-order chi connectivity index (χ1) is 35.7. The van der Waals surface area contributed by atoms with Crippen LogP contribution in [0.4, 0.5) is 0 Å². The number of carbonyl (C=O) groups is 1. The molecule has 0 rings (SSSR count). The van der Waals surface area contributed by atoms with Crippen molar-refractivity contribution in [3.8, 4) is 0 Å². The normalized spacial score (nSPS) is 13.3. The first kappa shape index (κ1) is 69.6. The van der Waals surface area contributed by atoms with Gasteiger partial charge in [-0.3, -0.25) is 4.79 Å². The van der Waals surface area contributed by atoms with E-state index in [0.29, 0.717) is 6.42 Å². The topological polar surface area (TPSA) is 69.6 Å². The van der Waals surface area contributed by atoms with Crippen molar-refractivity contribution in [2.24, 2.45) is 0 Å². The number of aliphatic hydroxyl groups is 2. The van der Waals surface area contributed by atoms with Gasteiger partial charge in [0.2, 0.25) is 5.91 Å². The Kier molecular flexibility index (Phi) is 60.7. The van der Waals surface area contributed by atoms with Crippen LogP contribution < -0.4 is 5.32 Å². The van der Waals surface area contributed by atoms with Gasteiger partial charge in [0.1, 0.15) is 0 Å². The van der Waals surface area contributed by atoms with Crippen LogP contribution in [0, 0.1) is 0 Å². The summed E-state index contributed by atoms with van der Waals surface area (Å²) >= 11 is 0. The Hall–Kier alpha value is -2.43. The summed E-state index contributed by atoms with van der Waals surface area (Å²) < 4.78 is 0. The van der Waals surface area contributed by atoms with E-state index in [1.165, 1.54) is 238 Å². The molecule has 2 unspecified atom stereocenters. The minimum absolute atomic E-state index is 0.0696. The van der Waals surface area contributed by atoms with E-state index < -0.39 is 12.1 Å². The molecule has 0 heterocycles. The van der Waals surface area contributed by atoms with Gasteiger partial charge in [-0.2, -0.15) is 0 Å². The van der Waals surface area contributed by atoms with E-state index in [0.717, 1.165) is 64.2 Å². The predicted molar refractivity (Wildman–Crippen MR) is 322 cm³/mol. The number of hydrogen-bond donors (Lipinski definition) is 3. The number of hydrogen-bond acceptors (Lipinski definition) is 3. The minimum atomic E-state index is -0.864. The van der Waals surface area contributed by atoms with Gasteiger partial charge in [-0.15, -0.1) is 0 Å². The Morgan fingerprint density at radius 2 is 0.625 bits per heavy atom. The van der Waals surface area contributed by atoms with Gasteiger partial charge in [-0.1, -0.05) is 324 Å². The second kappa shape index (κ2) is 62.9. The first-order valence-corrected chi connectivity index (χ1v) is 31.8. The van der Waals surface area contributed by atoms with Gasteiger partial charge in [0.15, 0.2) is 0 Å². The van der Waals surface area contributed by atoms with E-state index in [1.807, 2.05) is 6.08 Å². The van der Waals surface area contributed by atoms with Crippen molar-refractivity contribution < 1.29 is 15.0 Å². The number of nitrogens with one attached hydrogen (secondary N) is 1. The molecule has 0 bridgehead atoms. The fraction of sp³-hybridized carbons (Fsp3) is 0.779. The molecular formula is C68H123NO3. The Labute approximate surface area is 450 Å². The lowest BCUT2D eigenvalue weighted by Gasteiger charge is -2.19. The van der Waals surface area contributed by atoms with Crippen LogP contribution in [0.15, 0.2) is 85.1 Å². The molecule has 0 saturated heterocycles. The van der Waals surface area contributed by atoms with Crippen molar-refractivity contribution >= 4 is 5.91 Å². The molecule has 72 heavy (non-hydrogen) atoms. The van der Waals surface area contributed by atoms with Crippen LogP contribution in [0.25, 0.3) is 0 Å². The van der Waals surface area contributed by atoms with E-state index in [9.17, 15) is 15.0 Å². The molecule has 0 spiro atoms. The third-order valence-electron chi connectivity index (χ3n) is 14.4. The Balaban J connectivity index is 3.44. The van der Waals surface area contributed by atoms with Crippen LogP contribution in [-0.4, -0.2) is 34.9 Å². The van der Waals surface area contributed by atoms with Crippen molar-refractivity contribution in [3.63, 3.8) is 0 Å². The third-order valence-corrected chi connectivity index (χ3v) is 14.4. The fourth-order valence-corrected chi connectivity index (χ4v) is 9.58. The summed E-state index contributed by atoms with van der Waals surface area (Å²) in [4.78, 5) is 12.5. The Morgan fingerprint density at radius 1 is 0.347 bits per heavy atom. The highest BCUT2D eigenvalue weighted by atomic mass is 16.3. The standard InChI is InChI=1S/C68H123NO3/c1-3-5-7-9-11-13-15-17-19-21-23-24-25-26-27-28-29-30-31-32-33-34-35-36-37-38-39-40-41-42-43-44-46-48-50-52-54-56-58-60-62-64-68(72)69-66(65-70)67(71)63-61-59-57-55-53-51-49-47-45-22-20-18-16-14-12-10-8-6-4-2/h5,7,11,13,17,19,23-24,26-27,53,55,61,63,66-67,70-71H,3-4,6,8-10,12,14-16,18,20-22,25,28-52,54,56-60,62,64-65H2,1-2H3,(H,69,72)/b7-5-,13-11-,19-17-,24-23-,27-26-,55-53+,63-61+. The molecule has 0 fully saturated rings. The zero-order chi connectivity index (χ0) is 52.0. The summed E-state index contributed by atoms with van der Waals surface area (Å²) in [6.45, 7) is 4.20. The molecule has 0 aliphatic carbocycles. The molecule has 418 valence electrons. The number of allylic oxidation sites excluding steroid dienone is 13. The van der Waals surface area contributed by atoms with Gasteiger partial charge >= 0.3 is 0 Å². The maximum atomic E-state index is 12.5. The molecule has 1 amide bonds. The summed E-state index contributed by atoms with van der Waals surface area (Å²) in [5.41, 5.74) is 0. The molecular weight excluding hydrogens is 879 g/mol. The van der Waals surface area contributed by atoms with Crippen LogP contribution in [0.2, 0.25) is 0 Å². The lowest BCUT2D eigenvalue weighted by molar-refractivity contribution is -0.123. The summed E-state index contributed by atoms with van der Waals surface area (Å²) in [6.07, 6.45) is 92.2. The summed E-state index contributed by atoms with van der Waals surface area (Å²) in [6, 6.07) is -0.640. The summed E-state index contributed by atoms with van der Waals surface area (Å²) in [5.74, 6) is -0.0696. The third kappa shape index (κ3) is 58.5. The molecule has 0 saturated carbocycles. The number of carbonyl (C=O) groups excluding carboxylic acids is 1. The average Bonchev–Trinajstić information content (AvgIpc) is 3.39. The van der Waals surface area contributed by atoms with E-state index in [4.69, 9.17) is 0 Å². The Bertz CT molecular complexity index is 1270. The van der Waals surface area contributed by atoms with E-state index in [1.54, 1.807) is 6.08 Å². The highest BCUT2D eigenvalue weighted by Crippen LogP contribution is 2.17. The SMILES string of the molecule is CC/C=C\C/C=C\C/C=C\C/C=C\C/C=C\CCCCCCCCCCCCCCCCCCCCCCCCCCCC(=O)NC(CO)C(O)/C=C/CC/C=C/CCCCCCCCCCCCCCC. The molecule has 0 aliphatic rings. The maximum Gasteiger partial charge on any atom is 0.220 e. The quantitative estimate of drug-likeness (QED) is 0.0420. The molecule has 0 radical (unpaired) electrons. The molecule has 0 aromatic rings. The van der Waals surface area contributed by atoms with Crippen LogP contribution in [-0.2, 0) is 4.79 Å². The first-order valence-electron chi connectivity index (χ1n) is 31.8. The summed E-state index contributed by atoms with van der Waals surface area (Å²) in [7, 11) is 0. The number of amides is 1. The van der Waals surface area contributed by atoms with Crippen LogP contribution >= 0.6 is 0 Å². The van der Waals surface area contributed by atoms with E-state index >= 15 is 0 Å². The molecule has 2 atom stereocenters. The van der Waals surface area contributed by atoms with Crippen molar-refractivity contribution in [3.05, 3.63) is 85.1 Å². The van der Waals surface area contributed by atoms with Gasteiger partial charge < -0.3 is 15.5 Å². The molecule has 0 aromatic heterocycles. The zero-order valence-corrected chi connectivity index (χ0v) is 48.2. The van der Waals surface area contributed by atoms with Gasteiger partial charge in [0.25, 0.3) is 0 Å². The average molecular weight is 1000 g/mol. The lowest BCUT2D eigenvalue weighted by Crippen LogP contribution is -2.45. The van der Waals surface area contributed by atoms with Crippen molar-refractivity contribution in [2.45, 2.75) is 334 Å². The predicted octanol–water partition coefficient (Wildman–Crippen LogP) is 21.5. The van der Waals surface area contributed by atoms with Gasteiger partial charge in [0, 0.05) is 6.42 Å². The minimum Gasteiger partial charge on any atom is -0.394 e. The van der Waals surface area contributed by atoms with Gasteiger partial charge in [-0.25, -0.2) is 0 Å². The second-order valence-corrected chi connectivity index (χ2v) is 21.4. The van der Waals surface area contributed by atoms with Crippen molar-refractivity contribution in [1.29, 1.82) is 0 Å². The molecule has 4 nitrogen and oxygen atoms in total. The second-order valence-electron chi connectivity index (χ2n) is 21.4. The number of rotatable bonds is 58. The van der Waals surface area contributed by atoms with E-state index in [-0.39, 0.29) is 12.5 Å². The molecule has 3 N–H and O–H groups in total. The van der Waals surface area contributed by atoms with Crippen molar-refractivity contribution in [1.82, 2.24) is 5.32 Å². The lowest BCUT2D eigenvalue weighted by atomic mass is 10.0. The molecule has 4 heteroatoms. The highest BCUT2D eigenvalue weighted by Gasteiger charge is 2.18. The number of unbranched alkanes of at least 4 members (excludes halogenated alkanes) is 39. The highest BCUT2D eigenvalue weighted by molar-refractivity contribution is 5.76. The van der Waals surface area contributed by atoms with Crippen LogP contribution in [0.3, 0.4) is 0 Å². The fourth-order valence-electron chi connectivity index (χ4n) is 9.58. The molecule has 0 aromatic carbocycles.